The minimum atomic E-state index is -0.290. The average Bonchev–Trinajstić information content (AvgIpc) is 3.92. The Morgan fingerprint density at radius 1 is 0.667 bits per heavy atom. The van der Waals surface area contributed by atoms with Crippen LogP contribution in [0.1, 0.15) is 28.1 Å². The summed E-state index contributed by atoms with van der Waals surface area (Å²) in [6, 6.07) is 21.8. The average molecular weight is 727 g/mol. The Hall–Kier alpha value is -6.04. The number of hydrogen-bond donors (Lipinski definition) is 0. The fourth-order valence-electron chi connectivity index (χ4n) is 8.67. The normalized spacial score (nSPS) is 14.5. The molecule has 2 aliphatic heterocycles. The minimum absolute atomic E-state index is 0.275. The Morgan fingerprint density at radius 2 is 1.33 bits per heavy atom. The maximum atomic E-state index is 15.6. The third-order valence-corrected chi connectivity index (χ3v) is 11.3. The molecule has 0 saturated carbocycles. The minimum Gasteiger partial charge on any atom is -0.423 e. The molecule has 0 spiro atoms. The van der Waals surface area contributed by atoms with Crippen LogP contribution >= 0.6 is 0 Å². The van der Waals surface area contributed by atoms with E-state index < -0.39 is 0 Å². The van der Waals surface area contributed by atoms with Gasteiger partial charge in [-0.25, -0.2) is 8.78 Å². The van der Waals surface area contributed by atoms with Crippen molar-refractivity contribution >= 4 is 67.4 Å². The predicted molar refractivity (Wildman–Crippen MR) is 210 cm³/mol. The Morgan fingerprint density at radius 3 is 2.11 bits per heavy atom. The fraction of sp³-hybridized carbons (Fsp3) is 0.286. The lowest BCUT2D eigenvalue weighted by atomic mass is 9.99. The largest absolute Gasteiger partial charge is 0.423 e. The highest BCUT2D eigenvalue weighted by Crippen LogP contribution is 2.39. The molecule has 0 amide bonds. The molecule has 0 unspecified atom stereocenters. The molecule has 274 valence electrons. The number of nitrogens with zero attached hydrogens (tertiary/aromatic N) is 8. The summed E-state index contributed by atoms with van der Waals surface area (Å²) in [4.78, 5) is 17.7. The van der Waals surface area contributed by atoms with Crippen LogP contribution in [-0.4, -0.2) is 60.4 Å². The summed E-state index contributed by atoms with van der Waals surface area (Å²) < 4.78 is 47.0. The second-order valence-corrected chi connectivity index (χ2v) is 15.0. The molecular weight excluding hydrogens is 687 g/mol. The lowest BCUT2D eigenvalue weighted by Gasteiger charge is -2.30. The number of benzene rings is 4. The Kier molecular flexibility index (Phi) is 7.24. The van der Waals surface area contributed by atoms with Crippen LogP contribution in [0, 0.1) is 11.6 Å². The van der Waals surface area contributed by atoms with Crippen molar-refractivity contribution in [2.24, 2.45) is 7.05 Å². The standard InChI is InChI=1S/C42H40F2N8O2/c1-47(2)41-45-32-10-7-28(20-39(32)54-41)51-14-12-34-31(23-51)40-24(16-26(44)18-37(40)49(34)5)21-52-35-13-15-50(22-30(35)29-9-6-25(43)17-36(29)52)27-8-11-38-33(19-27)46-42(53-38)48(3)4/h6-11,16-20H,12-15,21-23H2,1-5H3. The number of hydrogen-bond acceptors (Lipinski definition) is 8. The third kappa shape index (κ3) is 5.10. The molecule has 2 aliphatic rings. The summed E-state index contributed by atoms with van der Waals surface area (Å²) in [5.41, 5.74) is 12.6. The summed E-state index contributed by atoms with van der Waals surface area (Å²) >= 11 is 0. The van der Waals surface area contributed by atoms with E-state index in [1.165, 1.54) is 22.9 Å². The molecule has 12 heteroatoms. The second kappa shape index (κ2) is 12.0. The van der Waals surface area contributed by atoms with Gasteiger partial charge in [-0.15, -0.1) is 0 Å². The highest BCUT2D eigenvalue weighted by atomic mass is 19.1. The van der Waals surface area contributed by atoms with Gasteiger partial charge in [0.15, 0.2) is 11.2 Å². The van der Waals surface area contributed by atoms with Gasteiger partial charge in [0.05, 0.1) is 11.0 Å². The van der Waals surface area contributed by atoms with Gasteiger partial charge >= 0.3 is 0 Å². The van der Waals surface area contributed by atoms with Crippen molar-refractivity contribution in [1.29, 1.82) is 0 Å². The van der Waals surface area contributed by atoms with E-state index in [4.69, 9.17) is 8.83 Å². The van der Waals surface area contributed by atoms with Gasteiger partial charge in [0.2, 0.25) is 0 Å². The van der Waals surface area contributed by atoms with E-state index in [1.54, 1.807) is 18.2 Å². The smallest absolute Gasteiger partial charge is 0.297 e. The number of aromatic nitrogens is 4. The van der Waals surface area contributed by atoms with Crippen molar-refractivity contribution in [2.75, 3.05) is 60.9 Å². The quantitative estimate of drug-likeness (QED) is 0.171. The second-order valence-electron chi connectivity index (χ2n) is 15.0. The lowest BCUT2D eigenvalue weighted by molar-refractivity contribution is 0.596. The molecule has 10 nitrogen and oxygen atoms in total. The van der Waals surface area contributed by atoms with Crippen LogP contribution in [0.5, 0.6) is 0 Å². The molecule has 0 bridgehead atoms. The topological polar surface area (TPSA) is 74.9 Å². The summed E-state index contributed by atoms with van der Waals surface area (Å²) in [7, 11) is 9.69. The third-order valence-electron chi connectivity index (χ3n) is 11.3. The first-order valence-electron chi connectivity index (χ1n) is 18.3. The van der Waals surface area contributed by atoms with Crippen molar-refractivity contribution in [3.63, 3.8) is 0 Å². The highest BCUT2D eigenvalue weighted by Gasteiger charge is 2.29. The fourth-order valence-corrected chi connectivity index (χ4v) is 8.67. The van der Waals surface area contributed by atoms with Crippen molar-refractivity contribution in [3.8, 4) is 0 Å². The Labute approximate surface area is 310 Å². The number of aryl methyl sites for hydroxylation is 1. The molecule has 0 N–H and O–H groups in total. The van der Waals surface area contributed by atoms with Gasteiger partial charge < -0.3 is 37.6 Å². The van der Waals surface area contributed by atoms with Gasteiger partial charge in [-0.05, 0) is 66.2 Å². The molecule has 6 heterocycles. The summed E-state index contributed by atoms with van der Waals surface area (Å²) in [6.07, 6.45) is 1.57. The number of anilines is 4. The van der Waals surface area contributed by atoms with E-state index in [0.717, 1.165) is 92.6 Å². The van der Waals surface area contributed by atoms with Gasteiger partial charge in [-0.3, -0.25) is 0 Å². The zero-order valence-corrected chi connectivity index (χ0v) is 31.0. The predicted octanol–water partition coefficient (Wildman–Crippen LogP) is 8.00. The van der Waals surface area contributed by atoms with E-state index in [1.807, 2.05) is 63.2 Å². The Bertz CT molecular complexity index is 2790. The summed E-state index contributed by atoms with van der Waals surface area (Å²) in [6.45, 7) is 3.35. The van der Waals surface area contributed by atoms with Crippen LogP contribution in [0.25, 0.3) is 44.0 Å². The maximum Gasteiger partial charge on any atom is 0.297 e. The Balaban J connectivity index is 1.03. The molecular formula is C42H40F2N8O2. The van der Waals surface area contributed by atoms with Crippen LogP contribution in [-0.2, 0) is 39.5 Å². The van der Waals surface area contributed by atoms with E-state index in [0.29, 0.717) is 31.7 Å². The first kappa shape index (κ1) is 32.6. The molecule has 0 atom stereocenters. The summed E-state index contributed by atoms with van der Waals surface area (Å²) in [5, 5.41) is 2.08. The van der Waals surface area contributed by atoms with Crippen LogP contribution in [0.15, 0.2) is 75.6 Å². The van der Waals surface area contributed by atoms with Crippen LogP contribution in [0.4, 0.5) is 32.2 Å². The highest BCUT2D eigenvalue weighted by molar-refractivity contribution is 5.91. The molecule has 0 saturated heterocycles. The van der Waals surface area contributed by atoms with E-state index in [9.17, 15) is 0 Å². The van der Waals surface area contributed by atoms with E-state index in [-0.39, 0.29) is 11.6 Å². The van der Waals surface area contributed by atoms with Gasteiger partial charge in [0.25, 0.3) is 12.0 Å². The number of rotatable bonds is 6. The number of halogens is 2. The molecule has 0 radical (unpaired) electrons. The summed E-state index contributed by atoms with van der Waals surface area (Å²) in [5.74, 6) is -0.565. The van der Waals surface area contributed by atoms with Gasteiger partial charge in [0, 0.05) is 132 Å². The van der Waals surface area contributed by atoms with Crippen LogP contribution in [0.2, 0.25) is 0 Å². The lowest BCUT2D eigenvalue weighted by Crippen LogP contribution is -2.31. The van der Waals surface area contributed by atoms with E-state index in [2.05, 4.69) is 53.2 Å². The van der Waals surface area contributed by atoms with E-state index >= 15 is 8.78 Å². The molecule has 54 heavy (non-hydrogen) atoms. The molecule has 4 aromatic carbocycles. The molecule has 4 aromatic heterocycles. The van der Waals surface area contributed by atoms with Crippen molar-refractivity contribution in [3.05, 3.63) is 106 Å². The van der Waals surface area contributed by atoms with Crippen molar-refractivity contribution < 1.29 is 17.6 Å². The van der Waals surface area contributed by atoms with Gasteiger partial charge in [-0.1, -0.05) is 0 Å². The zero-order chi connectivity index (χ0) is 37.0. The van der Waals surface area contributed by atoms with Gasteiger partial charge in [0.1, 0.15) is 22.7 Å². The molecule has 8 aromatic rings. The number of oxazole rings is 2. The molecule has 0 fully saturated rings. The maximum absolute atomic E-state index is 15.6. The molecule has 0 aliphatic carbocycles. The zero-order valence-electron chi connectivity index (χ0n) is 31.0. The molecule has 10 rings (SSSR count). The van der Waals surface area contributed by atoms with Crippen LogP contribution < -0.4 is 19.6 Å². The van der Waals surface area contributed by atoms with Crippen molar-refractivity contribution in [2.45, 2.75) is 32.5 Å². The number of fused-ring (bicyclic) bond motifs is 8. The monoisotopic (exact) mass is 726 g/mol. The first-order valence-corrected chi connectivity index (χ1v) is 18.3. The van der Waals surface area contributed by atoms with Crippen LogP contribution in [0.3, 0.4) is 0 Å². The van der Waals surface area contributed by atoms with Crippen molar-refractivity contribution in [1.82, 2.24) is 19.1 Å². The van der Waals surface area contributed by atoms with Gasteiger partial charge in [-0.2, -0.15) is 9.97 Å². The first-order chi connectivity index (χ1) is 26.1. The SMILES string of the molecule is CN(C)c1nc2cc(N3CCc4c(c5ccc(F)cc5n4Cc4cc(F)cc5c4c4c(n5C)CCN(c5ccc6nc(N(C)C)oc6c5)C4)C3)ccc2o1.